The molecule has 272 valence electrons. The Balaban J connectivity index is 4.05. The number of aliphatic hydroxyl groups excluding tert-OH is 2. The maximum atomic E-state index is 12.2. The van der Waals surface area contributed by atoms with Crippen molar-refractivity contribution in [3.63, 3.8) is 0 Å². The van der Waals surface area contributed by atoms with E-state index in [0.29, 0.717) is 13.2 Å². The first-order chi connectivity index (χ1) is 21.9. The molecule has 0 amide bonds. The Morgan fingerprint density at radius 2 is 0.867 bits per heavy atom. The standard InChI is InChI=1S/C36H75O8P/c1-3-5-7-9-11-13-15-17-19-21-23-25-27-29-41-33-36(34-44-45(39,40)43-32-35(38)31-37)42-30-28-26-24-22-20-18-16-14-12-10-8-6-4-2/h35-38H,3-34H2,1-2H3,(H,39,40). The number of hydrogen-bond acceptors (Lipinski definition) is 7. The highest BCUT2D eigenvalue weighted by Crippen LogP contribution is 2.43. The summed E-state index contributed by atoms with van der Waals surface area (Å²) in [6.45, 7) is 4.82. The number of hydrogen-bond donors (Lipinski definition) is 3. The molecule has 8 nitrogen and oxygen atoms in total. The first-order valence-corrected chi connectivity index (χ1v) is 20.5. The fourth-order valence-electron chi connectivity index (χ4n) is 5.40. The van der Waals surface area contributed by atoms with Gasteiger partial charge in [0.15, 0.2) is 0 Å². The number of phosphoric ester groups is 1. The zero-order valence-electron chi connectivity index (χ0n) is 29.6. The van der Waals surface area contributed by atoms with Crippen molar-refractivity contribution in [2.24, 2.45) is 0 Å². The second-order valence-electron chi connectivity index (χ2n) is 12.9. The van der Waals surface area contributed by atoms with Crippen molar-refractivity contribution in [3.8, 4) is 0 Å². The van der Waals surface area contributed by atoms with E-state index < -0.39 is 33.2 Å². The Morgan fingerprint density at radius 3 is 1.27 bits per heavy atom. The van der Waals surface area contributed by atoms with E-state index in [2.05, 4.69) is 13.8 Å². The molecule has 45 heavy (non-hydrogen) atoms. The van der Waals surface area contributed by atoms with Gasteiger partial charge in [0.1, 0.15) is 12.2 Å². The van der Waals surface area contributed by atoms with Crippen molar-refractivity contribution >= 4 is 7.82 Å². The van der Waals surface area contributed by atoms with Crippen LogP contribution in [0.2, 0.25) is 0 Å². The summed E-state index contributed by atoms with van der Waals surface area (Å²) in [5.41, 5.74) is 0. The van der Waals surface area contributed by atoms with Gasteiger partial charge in [0, 0.05) is 13.2 Å². The molecule has 9 heteroatoms. The Labute approximate surface area is 278 Å². The number of phosphoric acid groups is 1. The molecular weight excluding hydrogens is 591 g/mol. The topological polar surface area (TPSA) is 115 Å². The first-order valence-electron chi connectivity index (χ1n) is 19.0. The van der Waals surface area contributed by atoms with Gasteiger partial charge in [0.25, 0.3) is 0 Å². The highest BCUT2D eigenvalue weighted by molar-refractivity contribution is 7.47. The fraction of sp³-hybridized carbons (Fsp3) is 1.00. The maximum absolute atomic E-state index is 12.2. The van der Waals surface area contributed by atoms with Crippen LogP contribution in [0.25, 0.3) is 0 Å². The Bertz CT molecular complexity index is 624. The molecule has 0 aliphatic carbocycles. The molecule has 3 unspecified atom stereocenters. The third kappa shape index (κ3) is 35.1. The lowest BCUT2D eigenvalue weighted by atomic mass is 10.0. The number of unbranched alkanes of at least 4 members (excludes halogenated alkanes) is 24. The molecule has 0 spiro atoms. The molecule has 0 saturated carbocycles. The van der Waals surface area contributed by atoms with Crippen LogP contribution in [0.5, 0.6) is 0 Å². The number of rotatable bonds is 38. The van der Waals surface area contributed by atoms with Gasteiger partial charge < -0.3 is 24.6 Å². The van der Waals surface area contributed by atoms with Gasteiger partial charge in [-0.3, -0.25) is 9.05 Å². The van der Waals surface area contributed by atoms with E-state index in [1.807, 2.05) is 0 Å². The van der Waals surface area contributed by atoms with E-state index in [0.717, 1.165) is 25.7 Å². The largest absolute Gasteiger partial charge is 0.472 e. The molecule has 0 heterocycles. The molecule has 3 N–H and O–H groups in total. The second kappa shape index (κ2) is 35.3. The van der Waals surface area contributed by atoms with Crippen LogP contribution in [0, 0.1) is 0 Å². The van der Waals surface area contributed by atoms with Gasteiger partial charge in [0.05, 0.1) is 26.4 Å². The Hall–Kier alpha value is -0.0500. The van der Waals surface area contributed by atoms with E-state index in [1.165, 1.54) is 141 Å². The average molecular weight is 667 g/mol. The van der Waals surface area contributed by atoms with Crippen LogP contribution in [0.4, 0.5) is 0 Å². The van der Waals surface area contributed by atoms with Crippen molar-refractivity contribution in [3.05, 3.63) is 0 Å². The summed E-state index contributed by atoms with van der Waals surface area (Å²) in [4.78, 5) is 9.93. The van der Waals surface area contributed by atoms with Crippen molar-refractivity contribution in [1.82, 2.24) is 0 Å². The van der Waals surface area contributed by atoms with Gasteiger partial charge in [0.2, 0.25) is 0 Å². The summed E-state index contributed by atoms with van der Waals surface area (Å²) in [5.74, 6) is 0. The molecular formula is C36H75O8P. The monoisotopic (exact) mass is 667 g/mol. The number of ether oxygens (including phenoxy) is 2. The summed E-state index contributed by atoms with van der Waals surface area (Å²) in [5, 5.41) is 18.3. The minimum atomic E-state index is -4.37. The predicted molar refractivity (Wildman–Crippen MR) is 187 cm³/mol. The third-order valence-electron chi connectivity index (χ3n) is 8.36. The molecule has 0 bridgehead atoms. The van der Waals surface area contributed by atoms with Crippen LogP contribution in [0.15, 0.2) is 0 Å². The van der Waals surface area contributed by atoms with Crippen LogP contribution >= 0.6 is 7.82 Å². The van der Waals surface area contributed by atoms with Crippen molar-refractivity contribution < 1.29 is 38.2 Å². The smallest absolute Gasteiger partial charge is 0.394 e. The lowest BCUT2D eigenvalue weighted by Gasteiger charge is -2.20. The molecule has 0 aromatic carbocycles. The zero-order valence-corrected chi connectivity index (χ0v) is 30.5. The highest BCUT2D eigenvalue weighted by atomic mass is 31.2. The van der Waals surface area contributed by atoms with E-state index in [-0.39, 0.29) is 13.2 Å². The van der Waals surface area contributed by atoms with Crippen LogP contribution in [-0.2, 0) is 23.1 Å². The van der Waals surface area contributed by atoms with Gasteiger partial charge in [-0.25, -0.2) is 4.57 Å². The summed E-state index contributed by atoms with van der Waals surface area (Å²) in [6.07, 6.45) is 31.9. The van der Waals surface area contributed by atoms with E-state index in [9.17, 15) is 14.6 Å². The molecule has 0 aromatic rings. The van der Waals surface area contributed by atoms with Crippen LogP contribution in [0.3, 0.4) is 0 Å². The van der Waals surface area contributed by atoms with Crippen LogP contribution in [-0.4, -0.2) is 67.0 Å². The van der Waals surface area contributed by atoms with Gasteiger partial charge >= 0.3 is 7.82 Å². The Morgan fingerprint density at radius 1 is 0.511 bits per heavy atom. The summed E-state index contributed by atoms with van der Waals surface area (Å²) < 4.78 is 33.9. The quantitative estimate of drug-likeness (QED) is 0.0441. The molecule has 3 atom stereocenters. The molecule has 0 saturated heterocycles. The van der Waals surface area contributed by atoms with Gasteiger partial charge in [-0.2, -0.15) is 0 Å². The zero-order chi connectivity index (χ0) is 33.1. The minimum absolute atomic E-state index is 0.139. The maximum Gasteiger partial charge on any atom is 0.472 e. The minimum Gasteiger partial charge on any atom is -0.394 e. The molecule has 0 aromatic heterocycles. The lowest BCUT2D eigenvalue weighted by molar-refractivity contribution is -0.0462. The lowest BCUT2D eigenvalue weighted by Crippen LogP contribution is -2.27. The second-order valence-corrected chi connectivity index (χ2v) is 14.4. The van der Waals surface area contributed by atoms with Crippen molar-refractivity contribution in [1.29, 1.82) is 0 Å². The van der Waals surface area contributed by atoms with Gasteiger partial charge in [-0.1, -0.05) is 168 Å². The molecule has 0 radical (unpaired) electrons. The van der Waals surface area contributed by atoms with E-state index >= 15 is 0 Å². The predicted octanol–water partition coefficient (Wildman–Crippen LogP) is 10.1. The van der Waals surface area contributed by atoms with Crippen LogP contribution < -0.4 is 0 Å². The SMILES string of the molecule is CCCCCCCCCCCCCCCOCC(COP(=O)(O)OCC(O)CO)OCCCCCCCCCCCCCCC. The van der Waals surface area contributed by atoms with Crippen molar-refractivity contribution in [2.45, 2.75) is 193 Å². The molecule has 0 aliphatic rings. The molecule has 0 rings (SSSR count). The summed E-state index contributed by atoms with van der Waals surface area (Å²) in [6, 6.07) is 0. The summed E-state index contributed by atoms with van der Waals surface area (Å²) >= 11 is 0. The first kappa shape index (κ1) is 45.0. The van der Waals surface area contributed by atoms with Gasteiger partial charge in [-0.05, 0) is 12.8 Å². The fourth-order valence-corrected chi connectivity index (χ4v) is 6.19. The van der Waals surface area contributed by atoms with Crippen LogP contribution in [0.1, 0.15) is 181 Å². The van der Waals surface area contributed by atoms with Gasteiger partial charge in [-0.15, -0.1) is 0 Å². The third-order valence-corrected chi connectivity index (χ3v) is 9.31. The number of aliphatic hydroxyl groups is 2. The normalized spacial score (nSPS) is 14.5. The molecule has 0 aliphatic heterocycles. The average Bonchev–Trinajstić information content (AvgIpc) is 3.04. The molecule has 0 fully saturated rings. The van der Waals surface area contributed by atoms with E-state index in [1.54, 1.807) is 0 Å². The Kier molecular flexibility index (Phi) is 35.2. The summed E-state index contributed by atoms with van der Waals surface area (Å²) in [7, 11) is -4.37. The highest BCUT2D eigenvalue weighted by Gasteiger charge is 2.25. The van der Waals surface area contributed by atoms with E-state index in [4.69, 9.17) is 23.6 Å². The van der Waals surface area contributed by atoms with Crippen molar-refractivity contribution in [2.75, 3.05) is 39.6 Å².